The van der Waals surface area contributed by atoms with Crippen LogP contribution in [-0.2, 0) is 11.2 Å². The van der Waals surface area contributed by atoms with Crippen LogP contribution in [0, 0.1) is 6.92 Å². The summed E-state index contributed by atoms with van der Waals surface area (Å²) in [5.41, 5.74) is 3.55. The topological polar surface area (TPSA) is 81.9 Å². The Morgan fingerprint density at radius 3 is 2.73 bits per heavy atom. The maximum Gasteiger partial charge on any atom is 0.573 e. The molecule has 170 valence electrons. The number of aromatic nitrogens is 4. The number of ether oxygens (including phenoxy) is 1. The van der Waals surface area contributed by atoms with E-state index in [0.29, 0.717) is 11.3 Å². The van der Waals surface area contributed by atoms with Gasteiger partial charge in [0.15, 0.2) is 0 Å². The second-order valence-corrected chi connectivity index (χ2v) is 7.53. The van der Waals surface area contributed by atoms with Crippen molar-refractivity contribution in [1.29, 1.82) is 0 Å². The second kappa shape index (κ2) is 8.89. The normalized spacial score (nSPS) is 12.5. The predicted molar refractivity (Wildman–Crippen MR) is 115 cm³/mol. The van der Waals surface area contributed by atoms with Gasteiger partial charge in [0.05, 0.1) is 41.8 Å². The molecule has 3 aromatic heterocycles. The molecule has 0 saturated carbocycles. The minimum atomic E-state index is -4.78. The van der Waals surface area contributed by atoms with Crippen LogP contribution in [0.15, 0.2) is 61.1 Å². The van der Waals surface area contributed by atoms with Crippen molar-refractivity contribution in [3.63, 3.8) is 0 Å². The number of carbonyl (C=O) groups is 1. The molecule has 1 N–H and O–H groups in total. The number of pyridine rings is 2. The molecule has 4 aromatic rings. The third kappa shape index (κ3) is 5.46. The Bertz CT molecular complexity index is 1300. The van der Waals surface area contributed by atoms with Crippen molar-refractivity contribution in [1.82, 2.24) is 25.1 Å². The molecule has 0 radical (unpaired) electrons. The van der Waals surface area contributed by atoms with Crippen molar-refractivity contribution in [3.8, 4) is 11.4 Å². The fourth-order valence-corrected chi connectivity index (χ4v) is 3.46. The van der Waals surface area contributed by atoms with Crippen LogP contribution in [-0.4, -0.2) is 32.0 Å². The highest BCUT2D eigenvalue weighted by atomic mass is 19.4. The summed E-state index contributed by atoms with van der Waals surface area (Å²) >= 11 is 0. The molecular weight excluding hydrogens is 435 g/mol. The van der Waals surface area contributed by atoms with Crippen LogP contribution >= 0.6 is 0 Å². The van der Waals surface area contributed by atoms with Crippen molar-refractivity contribution in [3.05, 3.63) is 78.0 Å². The second-order valence-electron chi connectivity index (χ2n) is 7.53. The zero-order valence-corrected chi connectivity index (χ0v) is 17.8. The van der Waals surface area contributed by atoms with Gasteiger partial charge >= 0.3 is 6.36 Å². The van der Waals surface area contributed by atoms with Gasteiger partial charge in [-0.15, -0.1) is 13.2 Å². The highest BCUT2D eigenvalue weighted by Gasteiger charge is 2.31. The number of alkyl halides is 3. The summed E-state index contributed by atoms with van der Waals surface area (Å²) in [6, 6.07) is 10.5. The van der Waals surface area contributed by atoms with E-state index in [2.05, 4.69) is 25.1 Å². The standard InChI is InChI=1S/C23H20F3N5O2/c1-14-8-19(6-7-27-14)31-21-13-28-18(9-17(21)12-29-31)11-22(32)30-15(2)16-4-3-5-20(10-16)33-23(24,25)26/h3-10,12-13,15H,11H2,1-2H3,(H,30,32). The minimum absolute atomic E-state index is 0.0125. The number of benzene rings is 1. The van der Waals surface area contributed by atoms with Crippen molar-refractivity contribution in [2.24, 2.45) is 0 Å². The smallest absolute Gasteiger partial charge is 0.406 e. The molecule has 0 bridgehead atoms. The van der Waals surface area contributed by atoms with Gasteiger partial charge in [-0.2, -0.15) is 5.10 Å². The quantitative estimate of drug-likeness (QED) is 0.465. The summed E-state index contributed by atoms with van der Waals surface area (Å²) < 4.78 is 43.0. The first-order valence-corrected chi connectivity index (χ1v) is 10.1. The van der Waals surface area contributed by atoms with Crippen molar-refractivity contribution in [2.45, 2.75) is 32.7 Å². The number of fused-ring (bicyclic) bond motifs is 1. The van der Waals surface area contributed by atoms with Crippen LogP contribution in [0.3, 0.4) is 0 Å². The zero-order valence-electron chi connectivity index (χ0n) is 17.8. The van der Waals surface area contributed by atoms with E-state index in [-0.39, 0.29) is 18.1 Å². The third-order valence-electron chi connectivity index (χ3n) is 4.95. The van der Waals surface area contributed by atoms with Gasteiger partial charge in [0.2, 0.25) is 5.91 Å². The Morgan fingerprint density at radius 1 is 1.15 bits per heavy atom. The molecule has 0 aliphatic heterocycles. The lowest BCUT2D eigenvalue weighted by atomic mass is 10.1. The van der Waals surface area contributed by atoms with Crippen LogP contribution in [0.2, 0.25) is 0 Å². The van der Waals surface area contributed by atoms with Crippen LogP contribution < -0.4 is 10.1 Å². The van der Waals surface area contributed by atoms with E-state index in [0.717, 1.165) is 22.3 Å². The molecule has 4 rings (SSSR count). The molecule has 3 heterocycles. The van der Waals surface area contributed by atoms with Crippen LogP contribution in [0.4, 0.5) is 13.2 Å². The molecule has 0 aliphatic rings. The molecule has 0 saturated heterocycles. The number of halogens is 3. The van der Waals surface area contributed by atoms with Gasteiger partial charge in [-0.25, -0.2) is 4.68 Å². The molecule has 0 spiro atoms. The fraction of sp³-hybridized carbons (Fsp3) is 0.217. The van der Waals surface area contributed by atoms with Gasteiger partial charge in [0, 0.05) is 17.3 Å². The number of nitrogens with one attached hydrogen (secondary N) is 1. The van der Waals surface area contributed by atoms with E-state index in [1.807, 2.05) is 19.1 Å². The zero-order chi connectivity index (χ0) is 23.6. The highest BCUT2D eigenvalue weighted by Crippen LogP contribution is 2.25. The molecular formula is C23H20F3N5O2. The van der Waals surface area contributed by atoms with Gasteiger partial charge in [0.25, 0.3) is 0 Å². The minimum Gasteiger partial charge on any atom is -0.406 e. The molecule has 0 aliphatic carbocycles. The molecule has 1 aromatic carbocycles. The summed E-state index contributed by atoms with van der Waals surface area (Å²) in [5, 5.41) is 8.01. The molecule has 1 atom stereocenters. The predicted octanol–water partition coefficient (Wildman–Crippen LogP) is 4.44. The Kier molecular flexibility index (Phi) is 5.99. The Hall–Kier alpha value is -3.95. The van der Waals surface area contributed by atoms with Gasteiger partial charge in [-0.3, -0.25) is 14.8 Å². The largest absolute Gasteiger partial charge is 0.573 e. The number of carbonyl (C=O) groups excluding carboxylic acids is 1. The summed E-state index contributed by atoms with van der Waals surface area (Å²) in [5.74, 6) is -0.650. The van der Waals surface area contributed by atoms with E-state index in [1.54, 1.807) is 42.3 Å². The lowest BCUT2D eigenvalue weighted by Crippen LogP contribution is -2.28. The number of nitrogens with zero attached hydrogens (tertiary/aromatic N) is 4. The molecule has 10 heteroatoms. The lowest BCUT2D eigenvalue weighted by molar-refractivity contribution is -0.274. The van der Waals surface area contributed by atoms with Crippen molar-refractivity contribution >= 4 is 16.8 Å². The number of hydrogen-bond acceptors (Lipinski definition) is 5. The Labute approximate surface area is 187 Å². The first kappa shape index (κ1) is 22.3. The SMILES string of the molecule is Cc1cc(-n2ncc3cc(CC(=O)NC(C)c4cccc(OC(F)(F)F)c4)ncc32)ccn1. The molecule has 0 fully saturated rings. The van der Waals surface area contributed by atoms with Gasteiger partial charge in [0.1, 0.15) is 5.75 Å². The van der Waals surface area contributed by atoms with Crippen LogP contribution in [0.25, 0.3) is 16.6 Å². The lowest BCUT2D eigenvalue weighted by Gasteiger charge is -2.16. The number of amides is 1. The van der Waals surface area contributed by atoms with Gasteiger partial charge in [-0.05, 0) is 49.7 Å². The monoisotopic (exact) mass is 455 g/mol. The summed E-state index contributed by atoms with van der Waals surface area (Å²) in [4.78, 5) is 21.1. The first-order chi connectivity index (χ1) is 15.7. The maximum atomic E-state index is 12.5. The molecule has 1 unspecified atom stereocenters. The van der Waals surface area contributed by atoms with Crippen molar-refractivity contribution in [2.75, 3.05) is 0 Å². The molecule has 7 nitrogen and oxygen atoms in total. The summed E-state index contributed by atoms with van der Waals surface area (Å²) in [6.07, 6.45) is 0.291. The summed E-state index contributed by atoms with van der Waals surface area (Å²) in [6.45, 7) is 3.58. The Morgan fingerprint density at radius 2 is 1.97 bits per heavy atom. The Balaban J connectivity index is 1.44. The van der Waals surface area contributed by atoms with Crippen LogP contribution in [0.5, 0.6) is 5.75 Å². The number of hydrogen-bond donors (Lipinski definition) is 1. The molecule has 33 heavy (non-hydrogen) atoms. The van der Waals surface area contributed by atoms with Gasteiger partial charge in [-0.1, -0.05) is 12.1 Å². The van der Waals surface area contributed by atoms with E-state index in [4.69, 9.17) is 0 Å². The number of rotatable bonds is 6. The van der Waals surface area contributed by atoms with E-state index in [1.165, 1.54) is 18.2 Å². The van der Waals surface area contributed by atoms with E-state index in [9.17, 15) is 18.0 Å². The molecule has 1 amide bonds. The average molecular weight is 455 g/mol. The van der Waals surface area contributed by atoms with Crippen molar-refractivity contribution < 1.29 is 22.7 Å². The summed E-state index contributed by atoms with van der Waals surface area (Å²) in [7, 11) is 0. The van der Waals surface area contributed by atoms with E-state index < -0.39 is 12.4 Å². The average Bonchev–Trinajstić information content (AvgIpc) is 3.16. The van der Waals surface area contributed by atoms with Gasteiger partial charge < -0.3 is 10.1 Å². The fourth-order valence-electron chi connectivity index (χ4n) is 3.46. The first-order valence-electron chi connectivity index (χ1n) is 10.1. The highest BCUT2D eigenvalue weighted by molar-refractivity contribution is 5.83. The maximum absolute atomic E-state index is 12.5. The number of aryl methyl sites for hydroxylation is 1. The van der Waals surface area contributed by atoms with Crippen LogP contribution in [0.1, 0.15) is 29.9 Å². The van der Waals surface area contributed by atoms with E-state index >= 15 is 0 Å². The third-order valence-corrected chi connectivity index (χ3v) is 4.95.